The highest BCUT2D eigenvalue weighted by molar-refractivity contribution is 5.27. The molecule has 2 N–H and O–H groups in total. The number of hydrogen-bond donors (Lipinski definition) is 2. The predicted octanol–water partition coefficient (Wildman–Crippen LogP) is 3.38. The van der Waals surface area contributed by atoms with Crippen LogP contribution in [0.3, 0.4) is 0 Å². The molecule has 0 fully saturated rings. The first-order valence-corrected chi connectivity index (χ1v) is 5.92. The third-order valence-electron chi connectivity index (χ3n) is 2.89. The van der Waals surface area contributed by atoms with Gasteiger partial charge in [0.15, 0.2) is 0 Å². The number of phenolic OH excluding ortho intramolecular Hbond substituents is 1. The van der Waals surface area contributed by atoms with Gasteiger partial charge in [0.1, 0.15) is 11.6 Å². The lowest BCUT2D eigenvalue weighted by molar-refractivity contribution is 0.473. The maximum atomic E-state index is 12.8. The molecule has 0 amide bonds. The van der Waals surface area contributed by atoms with E-state index in [1.807, 2.05) is 19.1 Å². The molecule has 2 aromatic rings. The Bertz CT molecular complexity index is 510. The molecule has 0 aliphatic carbocycles. The van der Waals surface area contributed by atoms with Crippen LogP contribution in [-0.2, 0) is 6.54 Å². The summed E-state index contributed by atoms with van der Waals surface area (Å²) in [5.74, 6) is 0.0441. The van der Waals surface area contributed by atoms with Crippen LogP contribution < -0.4 is 5.32 Å². The van der Waals surface area contributed by atoms with Gasteiger partial charge in [0.2, 0.25) is 0 Å². The SMILES string of the molecule is C[C@@H](NCc1cccc(O)c1)c1ccc(F)cc1. The third kappa shape index (κ3) is 3.31. The van der Waals surface area contributed by atoms with Gasteiger partial charge in [0.05, 0.1) is 0 Å². The Hall–Kier alpha value is -1.87. The van der Waals surface area contributed by atoms with Gasteiger partial charge in [-0.25, -0.2) is 4.39 Å². The molecular formula is C15H16FNO. The minimum atomic E-state index is -0.223. The van der Waals surface area contributed by atoms with Crippen LogP contribution in [0.2, 0.25) is 0 Å². The van der Waals surface area contributed by atoms with Crippen LogP contribution in [0.15, 0.2) is 48.5 Å². The quantitative estimate of drug-likeness (QED) is 0.865. The zero-order valence-electron chi connectivity index (χ0n) is 10.2. The second kappa shape index (κ2) is 5.65. The van der Waals surface area contributed by atoms with Gasteiger partial charge in [-0.15, -0.1) is 0 Å². The molecule has 0 unspecified atom stereocenters. The Morgan fingerprint density at radius 2 is 1.89 bits per heavy atom. The molecule has 94 valence electrons. The second-order valence-corrected chi connectivity index (χ2v) is 4.32. The van der Waals surface area contributed by atoms with Crippen LogP contribution in [0.25, 0.3) is 0 Å². The van der Waals surface area contributed by atoms with Gasteiger partial charge in [-0.1, -0.05) is 24.3 Å². The van der Waals surface area contributed by atoms with E-state index in [2.05, 4.69) is 5.32 Å². The lowest BCUT2D eigenvalue weighted by Gasteiger charge is -2.14. The highest BCUT2D eigenvalue weighted by Crippen LogP contribution is 2.15. The van der Waals surface area contributed by atoms with E-state index in [0.717, 1.165) is 11.1 Å². The molecule has 0 radical (unpaired) electrons. The van der Waals surface area contributed by atoms with Gasteiger partial charge < -0.3 is 10.4 Å². The summed E-state index contributed by atoms with van der Waals surface area (Å²) in [5.41, 5.74) is 2.06. The standard InChI is InChI=1S/C15H16FNO/c1-11(13-5-7-14(16)8-6-13)17-10-12-3-2-4-15(18)9-12/h2-9,11,17-18H,10H2,1H3/t11-/m1/s1. The maximum absolute atomic E-state index is 12.8. The van der Waals surface area contributed by atoms with Crippen LogP contribution in [0, 0.1) is 5.82 Å². The predicted molar refractivity (Wildman–Crippen MR) is 69.8 cm³/mol. The lowest BCUT2D eigenvalue weighted by atomic mass is 10.1. The lowest BCUT2D eigenvalue weighted by Crippen LogP contribution is -2.17. The summed E-state index contributed by atoms with van der Waals surface area (Å²) in [6, 6.07) is 13.7. The van der Waals surface area contributed by atoms with E-state index in [1.165, 1.54) is 12.1 Å². The molecular weight excluding hydrogens is 229 g/mol. The van der Waals surface area contributed by atoms with Crippen molar-refractivity contribution in [3.05, 3.63) is 65.5 Å². The number of benzene rings is 2. The first-order valence-electron chi connectivity index (χ1n) is 5.92. The van der Waals surface area contributed by atoms with Crippen LogP contribution in [0.4, 0.5) is 4.39 Å². The molecule has 2 rings (SSSR count). The summed E-state index contributed by atoms with van der Waals surface area (Å²) in [4.78, 5) is 0. The third-order valence-corrected chi connectivity index (χ3v) is 2.89. The molecule has 2 nitrogen and oxygen atoms in total. The first kappa shape index (κ1) is 12.6. The monoisotopic (exact) mass is 245 g/mol. The van der Waals surface area contributed by atoms with E-state index in [9.17, 15) is 9.50 Å². The van der Waals surface area contributed by atoms with Crippen LogP contribution in [-0.4, -0.2) is 5.11 Å². The Kier molecular flexibility index (Phi) is 3.95. The highest BCUT2D eigenvalue weighted by Gasteiger charge is 2.05. The highest BCUT2D eigenvalue weighted by atomic mass is 19.1. The van der Waals surface area contributed by atoms with Gasteiger partial charge in [-0.05, 0) is 42.3 Å². The molecule has 0 spiro atoms. The molecule has 0 aliphatic rings. The molecule has 18 heavy (non-hydrogen) atoms. The fourth-order valence-corrected chi connectivity index (χ4v) is 1.81. The van der Waals surface area contributed by atoms with Gasteiger partial charge in [0, 0.05) is 12.6 Å². The van der Waals surface area contributed by atoms with Crippen molar-refractivity contribution in [1.29, 1.82) is 0 Å². The smallest absolute Gasteiger partial charge is 0.123 e. The molecule has 0 aliphatic heterocycles. The summed E-state index contributed by atoms with van der Waals surface area (Å²) < 4.78 is 12.8. The Morgan fingerprint density at radius 3 is 2.56 bits per heavy atom. The zero-order valence-corrected chi connectivity index (χ0v) is 10.2. The van der Waals surface area contributed by atoms with E-state index in [4.69, 9.17) is 0 Å². The number of aromatic hydroxyl groups is 1. The molecule has 0 saturated heterocycles. The van der Waals surface area contributed by atoms with Crippen molar-refractivity contribution in [1.82, 2.24) is 5.32 Å². The van der Waals surface area contributed by atoms with Crippen molar-refractivity contribution in [2.24, 2.45) is 0 Å². The van der Waals surface area contributed by atoms with Crippen LogP contribution >= 0.6 is 0 Å². The molecule has 0 aromatic heterocycles. The average molecular weight is 245 g/mol. The second-order valence-electron chi connectivity index (χ2n) is 4.32. The molecule has 0 heterocycles. The van der Waals surface area contributed by atoms with Crippen molar-refractivity contribution < 1.29 is 9.50 Å². The number of nitrogens with one attached hydrogen (secondary N) is 1. The summed E-state index contributed by atoms with van der Waals surface area (Å²) in [5, 5.41) is 12.7. The van der Waals surface area contributed by atoms with E-state index in [1.54, 1.807) is 24.3 Å². The first-order chi connectivity index (χ1) is 8.65. The van der Waals surface area contributed by atoms with Gasteiger partial charge in [0.25, 0.3) is 0 Å². The minimum absolute atomic E-state index is 0.132. The van der Waals surface area contributed by atoms with Gasteiger partial charge >= 0.3 is 0 Å². The number of halogens is 1. The summed E-state index contributed by atoms with van der Waals surface area (Å²) in [6.45, 7) is 2.68. The zero-order chi connectivity index (χ0) is 13.0. The number of phenols is 1. The van der Waals surface area contributed by atoms with Crippen LogP contribution in [0.1, 0.15) is 24.1 Å². The Morgan fingerprint density at radius 1 is 1.17 bits per heavy atom. The van der Waals surface area contributed by atoms with Crippen molar-refractivity contribution in [2.75, 3.05) is 0 Å². The molecule has 0 saturated carbocycles. The van der Waals surface area contributed by atoms with E-state index in [-0.39, 0.29) is 17.6 Å². The van der Waals surface area contributed by atoms with Crippen molar-refractivity contribution in [3.63, 3.8) is 0 Å². The minimum Gasteiger partial charge on any atom is -0.508 e. The topological polar surface area (TPSA) is 32.3 Å². The summed E-state index contributed by atoms with van der Waals surface area (Å²) in [6.07, 6.45) is 0. The fraction of sp³-hybridized carbons (Fsp3) is 0.200. The van der Waals surface area contributed by atoms with E-state index < -0.39 is 0 Å². The van der Waals surface area contributed by atoms with Crippen molar-refractivity contribution >= 4 is 0 Å². The summed E-state index contributed by atoms with van der Waals surface area (Å²) in [7, 11) is 0. The van der Waals surface area contributed by atoms with E-state index >= 15 is 0 Å². The van der Waals surface area contributed by atoms with Gasteiger partial charge in [-0.2, -0.15) is 0 Å². The van der Waals surface area contributed by atoms with E-state index in [0.29, 0.717) is 6.54 Å². The number of hydrogen-bond acceptors (Lipinski definition) is 2. The van der Waals surface area contributed by atoms with Crippen molar-refractivity contribution in [3.8, 4) is 5.75 Å². The molecule has 1 atom stereocenters. The normalized spacial score (nSPS) is 12.3. The molecule has 2 aromatic carbocycles. The average Bonchev–Trinajstić information content (AvgIpc) is 2.37. The van der Waals surface area contributed by atoms with Gasteiger partial charge in [-0.3, -0.25) is 0 Å². The largest absolute Gasteiger partial charge is 0.508 e. The molecule has 0 bridgehead atoms. The Balaban J connectivity index is 1.96. The summed E-state index contributed by atoms with van der Waals surface area (Å²) >= 11 is 0. The maximum Gasteiger partial charge on any atom is 0.123 e. The van der Waals surface area contributed by atoms with Crippen LogP contribution in [0.5, 0.6) is 5.75 Å². The van der Waals surface area contributed by atoms with Crippen molar-refractivity contribution in [2.45, 2.75) is 19.5 Å². The molecule has 3 heteroatoms. The fourth-order valence-electron chi connectivity index (χ4n) is 1.81. The Labute approximate surface area is 106 Å². The number of rotatable bonds is 4.